The summed E-state index contributed by atoms with van der Waals surface area (Å²) in [7, 11) is 0. The summed E-state index contributed by atoms with van der Waals surface area (Å²) < 4.78 is 24.4. The van der Waals surface area contributed by atoms with Crippen molar-refractivity contribution < 1.29 is 18.7 Å². The highest BCUT2D eigenvalue weighted by molar-refractivity contribution is 5.78. The van der Waals surface area contributed by atoms with Gasteiger partial charge in [0.2, 0.25) is 5.91 Å². The molecule has 31 heavy (non-hydrogen) atoms. The highest BCUT2D eigenvalue weighted by Crippen LogP contribution is 2.22. The highest BCUT2D eigenvalue weighted by Gasteiger charge is 2.34. The summed E-state index contributed by atoms with van der Waals surface area (Å²) in [5, 5.41) is 9.12. The third-order valence-corrected chi connectivity index (χ3v) is 6.00. The van der Waals surface area contributed by atoms with Gasteiger partial charge < -0.3 is 19.4 Å². The monoisotopic (exact) mass is 426 g/mol. The number of morpholine rings is 1. The van der Waals surface area contributed by atoms with Crippen molar-refractivity contribution in [2.45, 2.75) is 38.5 Å². The average Bonchev–Trinajstić information content (AvgIpc) is 3.14. The van der Waals surface area contributed by atoms with Crippen LogP contribution in [0.25, 0.3) is 0 Å². The number of piperidine rings is 1. The molecule has 2 aromatic rings. The molecule has 0 bridgehead atoms. The quantitative estimate of drug-likeness (QED) is 0.768. The number of rotatable bonds is 6. The van der Waals surface area contributed by atoms with Crippen molar-refractivity contribution in [1.82, 2.24) is 14.8 Å². The van der Waals surface area contributed by atoms with Crippen molar-refractivity contribution in [3.8, 4) is 11.8 Å². The van der Waals surface area contributed by atoms with Gasteiger partial charge in [-0.2, -0.15) is 5.26 Å². The molecule has 2 fully saturated rings. The Balaban J connectivity index is 1.27. The molecule has 2 aliphatic rings. The number of benzene rings is 1. The topological polar surface area (TPSA) is 81.6 Å². The van der Waals surface area contributed by atoms with Gasteiger partial charge in [0, 0.05) is 37.1 Å². The van der Waals surface area contributed by atoms with Gasteiger partial charge in [0.25, 0.3) is 0 Å². The number of nitriles is 1. The fourth-order valence-corrected chi connectivity index (χ4v) is 4.28. The lowest BCUT2D eigenvalue weighted by molar-refractivity contribution is -0.155. The van der Waals surface area contributed by atoms with Gasteiger partial charge in [-0.05, 0) is 50.1 Å². The minimum Gasteiger partial charge on any atom is -0.491 e. The molecule has 2 saturated heterocycles. The van der Waals surface area contributed by atoms with Crippen LogP contribution in [0.4, 0.5) is 4.39 Å². The minimum atomic E-state index is -0.304. The molecule has 0 radical (unpaired) electrons. The molecule has 7 nitrogen and oxygen atoms in total. The molecule has 0 spiro atoms. The van der Waals surface area contributed by atoms with Gasteiger partial charge in [-0.25, -0.2) is 4.39 Å². The Hall–Kier alpha value is -2.89. The van der Waals surface area contributed by atoms with Crippen LogP contribution in [0.1, 0.15) is 29.8 Å². The molecule has 1 amide bonds. The van der Waals surface area contributed by atoms with Crippen LogP contribution in [-0.4, -0.2) is 65.7 Å². The smallest absolute Gasteiger partial charge is 0.248 e. The summed E-state index contributed by atoms with van der Waals surface area (Å²) in [6.07, 6.45) is 1.61. The molecule has 0 saturated carbocycles. The summed E-state index contributed by atoms with van der Waals surface area (Å²) in [6.45, 7) is 5.37. The molecule has 1 aromatic carbocycles. The third-order valence-electron chi connectivity index (χ3n) is 6.00. The maximum absolute atomic E-state index is 13.0. The molecule has 2 aliphatic heterocycles. The van der Waals surface area contributed by atoms with E-state index in [1.54, 1.807) is 12.1 Å². The van der Waals surface area contributed by atoms with Gasteiger partial charge in [0.05, 0.1) is 12.1 Å². The lowest BCUT2D eigenvalue weighted by Gasteiger charge is -2.42. The van der Waals surface area contributed by atoms with Crippen molar-refractivity contribution >= 4 is 5.91 Å². The number of carbonyl (C=O) groups excluding carboxylic acids is 1. The largest absolute Gasteiger partial charge is 0.491 e. The first-order valence-electron chi connectivity index (χ1n) is 10.6. The average molecular weight is 426 g/mol. The summed E-state index contributed by atoms with van der Waals surface area (Å²) in [5.74, 6) is 0.303. The van der Waals surface area contributed by atoms with Crippen LogP contribution in [-0.2, 0) is 16.1 Å². The zero-order valence-electron chi connectivity index (χ0n) is 17.6. The van der Waals surface area contributed by atoms with Crippen LogP contribution >= 0.6 is 0 Å². The molecule has 0 aliphatic carbocycles. The number of carbonyl (C=O) groups is 1. The van der Waals surface area contributed by atoms with Crippen LogP contribution in [0.5, 0.6) is 5.75 Å². The lowest BCUT2D eigenvalue weighted by atomic mass is 10.0. The van der Waals surface area contributed by atoms with Crippen molar-refractivity contribution in [1.29, 1.82) is 5.26 Å². The number of hydrogen-bond donors (Lipinski definition) is 1. The van der Waals surface area contributed by atoms with E-state index in [0.717, 1.165) is 43.9 Å². The van der Waals surface area contributed by atoms with E-state index >= 15 is 0 Å². The molecule has 1 N–H and O–H groups in total. The van der Waals surface area contributed by atoms with E-state index in [-0.39, 0.29) is 30.5 Å². The van der Waals surface area contributed by atoms with E-state index in [9.17, 15) is 9.18 Å². The lowest BCUT2D eigenvalue weighted by Crippen LogP contribution is -2.55. The second-order valence-electron chi connectivity index (χ2n) is 8.20. The van der Waals surface area contributed by atoms with Gasteiger partial charge in [-0.1, -0.05) is 0 Å². The fraction of sp³-hybridized carbons (Fsp3) is 0.478. The maximum atomic E-state index is 13.0. The molecule has 164 valence electrons. The third kappa shape index (κ3) is 5.24. The van der Waals surface area contributed by atoms with Gasteiger partial charge in [-0.3, -0.25) is 9.69 Å². The Morgan fingerprint density at radius 1 is 1.29 bits per heavy atom. The summed E-state index contributed by atoms with van der Waals surface area (Å²) in [5.41, 5.74) is 2.64. The van der Waals surface area contributed by atoms with Gasteiger partial charge in [-0.15, -0.1) is 0 Å². The molecule has 0 unspecified atom stereocenters. The van der Waals surface area contributed by atoms with E-state index in [1.807, 2.05) is 17.9 Å². The van der Waals surface area contributed by atoms with Crippen molar-refractivity contribution in [3.63, 3.8) is 0 Å². The van der Waals surface area contributed by atoms with Gasteiger partial charge in [0.1, 0.15) is 37.0 Å². The Bertz CT molecular complexity index is 945. The predicted molar refractivity (Wildman–Crippen MR) is 112 cm³/mol. The Morgan fingerprint density at radius 2 is 2.03 bits per heavy atom. The number of aryl methyl sites for hydroxylation is 1. The van der Waals surface area contributed by atoms with Crippen LogP contribution in [0.15, 0.2) is 30.3 Å². The Kier molecular flexibility index (Phi) is 6.54. The number of nitrogens with zero attached hydrogens (tertiary/aromatic N) is 3. The van der Waals surface area contributed by atoms with E-state index in [4.69, 9.17) is 14.7 Å². The number of aromatic nitrogens is 1. The Morgan fingerprint density at radius 3 is 2.71 bits per heavy atom. The van der Waals surface area contributed by atoms with Crippen LogP contribution in [0.2, 0.25) is 0 Å². The number of hydrogen-bond acceptors (Lipinski definition) is 5. The number of amides is 1. The van der Waals surface area contributed by atoms with Crippen molar-refractivity contribution in [3.05, 3.63) is 53.1 Å². The maximum Gasteiger partial charge on any atom is 0.248 e. The molecule has 1 aromatic heterocycles. The van der Waals surface area contributed by atoms with E-state index in [2.05, 4.69) is 16.0 Å². The SMILES string of the molecule is Cc1[nH]c(CN2CCC(N3C[C@@H](COc4ccc(F)cc4)OCC3=O)CC2)cc1C#N. The first-order valence-corrected chi connectivity index (χ1v) is 10.6. The van der Waals surface area contributed by atoms with Crippen molar-refractivity contribution in [2.24, 2.45) is 0 Å². The van der Waals surface area contributed by atoms with Crippen LogP contribution in [0, 0.1) is 24.1 Å². The van der Waals surface area contributed by atoms with Gasteiger partial charge in [0.15, 0.2) is 0 Å². The summed E-state index contributed by atoms with van der Waals surface area (Å²) in [6, 6.07) is 10.2. The number of halogens is 1. The van der Waals surface area contributed by atoms with Crippen molar-refractivity contribution in [2.75, 3.05) is 32.8 Å². The Labute approximate surface area is 181 Å². The number of aromatic amines is 1. The molecule has 8 heteroatoms. The predicted octanol–water partition coefficient (Wildman–Crippen LogP) is 2.60. The minimum absolute atomic E-state index is 0.0233. The van der Waals surface area contributed by atoms with E-state index in [1.165, 1.54) is 12.1 Å². The highest BCUT2D eigenvalue weighted by atomic mass is 19.1. The fourth-order valence-electron chi connectivity index (χ4n) is 4.28. The van der Waals surface area contributed by atoms with E-state index in [0.29, 0.717) is 24.5 Å². The summed E-state index contributed by atoms with van der Waals surface area (Å²) >= 11 is 0. The van der Waals surface area contributed by atoms with Crippen LogP contribution in [0.3, 0.4) is 0 Å². The molecule has 4 rings (SSSR count). The normalized spacial score (nSPS) is 20.6. The second kappa shape index (κ2) is 9.50. The molecule has 1 atom stereocenters. The number of nitrogens with one attached hydrogen (secondary N) is 1. The standard InChI is InChI=1S/C23H27FN4O3/c1-16-17(11-25)10-19(26-16)12-27-8-6-20(7-9-27)28-13-22(31-15-23(28)29)14-30-21-4-2-18(24)3-5-21/h2-5,10,20,22,26H,6-9,12-15H2,1H3/t22-/m0/s1. The molecular weight excluding hydrogens is 399 g/mol. The first-order chi connectivity index (χ1) is 15.0. The zero-order chi connectivity index (χ0) is 21.8. The number of ether oxygens (including phenoxy) is 2. The summed E-state index contributed by atoms with van der Waals surface area (Å²) in [4.78, 5) is 20.0. The van der Waals surface area contributed by atoms with Crippen LogP contribution < -0.4 is 4.74 Å². The number of H-pyrrole nitrogens is 1. The van der Waals surface area contributed by atoms with E-state index < -0.39 is 0 Å². The van der Waals surface area contributed by atoms with Gasteiger partial charge >= 0.3 is 0 Å². The molecule has 3 heterocycles. The second-order valence-corrected chi connectivity index (χ2v) is 8.20. The number of likely N-dealkylation sites (tertiary alicyclic amines) is 1. The zero-order valence-corrected chi connectivity index (χ0v) is 17.6. The first kappa shape index (κ1) is 21.3. The molecular formula is C23H27FN4O3.